The minimum Gasteiger partial charge on any atom is -0.370 e. The van der Waals surface area contributed by atoms with Crippen LogP contribution in [0.15, 0.2) is 12.1 Å². The second kappa shape index (κ2) is 5.53. The normalized spacial score (nSPS) is 10.2. The molecule has 0 spiro atoms. The first-order valence-corrected chi connectivity index (χ1v) is 5.51. The first-order valence-electron chi connectivity index (χ1n) is 4.38. The van der Waals surface area contributed by atoms with E-state index in [1.807, 2.05) is 0 Å². The Kier molecular flexibility index (Phi) is 4.59. The minimum absolute atomic E-state index is 0.0175. The fourth-order valence-electron chi connectivity index (χ4n) is 1.17. The number of carbonyl (C=O) groups is 2. The van der Waals surface area contributed by atoms with Crippen molar-refractivity contribution in [3.8, 4) is 0 Å². The number of ketones is 1. The molecule has 1 rings (SSSR count). The summed E-state index contributed by atoms with van der Waals surface area (Å²) in [7, 11) is 0. The van der Waals surface area contributed by atoms with E-state index in [1.165, 1.54) is 12.1 Å². The number of hydrogen-bond acceptors (Lipinski definition) is 2. The zero-order chi connectivity index (χ0) is 12.3. The molecule has 0 aliphatic rings. The average molecular weight is 281 g/mol. The van der Waals surface area contributed by atoms with Gasteiger partial charge in [0.05, 0.1) is 15.6 Å². The van der Waals surface area contributed by atoms with Gasteiger partial charge in [0.25, 0.3) is 0 Å². The first kappa shape index (κ1) is 13.3. The van der Waals surface area contributed by atoms with E-state index in [4.69, 9.17) is 40.5 Å². The summed E-state index contributed by atoms with van der Waals surface area (Å²) in [6.45, 7) is 0. The van der Waals surface area contributed by atoms with Crippen LogP contribution in [-0.2, 0) is 4.79 Å². The molecule has 86 valence electrons. The Labute approximate surface area is 107 Å². The summed E-state index contributed by atoms with van der Waals surface area (Å²) in [5, 5.41) is 0.695. The lowest BCUT2D eigenvalue weighted by molar-refractivity contribution is -0.118. The topological polar surface area (TPSA) is 60.2 Å². The van der Waals surface area contributed by atoms with E-state index in [9.17, 15) is 9.59 Å². The third-order valence-electron chi connectivity index (χ3n) is 1.88. The van der Waals surface area contributed by atoms with Crippen LogP contribution < -0.4 is 5.73 Å². The van der Waals surface area contributed by atoms with Crippen molar-refractivity contribution < 1.29 is 9.59 Å². The van der Waals surface area contributed by atoms with Crippen molar-refractivity contribution in [1.82, 2.24) is 0 Å². The Hall–Kier alpha value is -0.770. The van der Waals surface area contributed by atoms with Crippen LogP contribution in [-0.4, -0.2) is 11.7 Å². The molecule has 3 nitrogen and oxygen atoms in total. The number of Topliss-reactive ketones (excluding diaryl/α,β-unsaturated/α-hetero) is 1. The molecule has 0 aliphatic heterocycles. The third kappa shape index (κ3) is 3.37. The molecule has 6 heteroatoms. The standard InChI is InChI=1S/C10H8Cl3NO2/c11-5-3-6(12)10(7(13)4-5)8(15)1-2-9(14)16/h3-4H,1-2H2,(H2,14,16). The van der Waals surface area contributed by atoms with Crippen molar-refractivity contribution in [3.63, 3.8) is 0 Å². The smallest absolute Gasteiger partial charge is 0.217 e. The molecule has 16 heavy (non-hydrogen) atoms. The molecule has 0 aromatic heterocycles. The largest absolute Gasteiger partial charge is 0.370 e. The van der Waals surface area contributed by atoms with Gasteiger partial charge in [-0.2, -0.15) is 0 Å². The molecule has 0 atom stereocenters. The maximum atomic E-state index is 11.7. The van der Waals surface area contributed by atoms with Crippen LogP contribution in [0.25, 0.3) is 0 Å². The zero-order valence-corrected chi connectivity index (χ0v) is 10.4. The van der Waals surface area contributed by atoms with E-state index in [1.54, 1.807) is 0 Å². The molecule has 0 fully saturated rings. The van der Waals surface area contributed by atoms with Crippen molar-refractivity contribution in [2.75, 3.05) is 0 Å². The maximum Gasteiger partial charge on any atom is 0.217 e. The van der Waals surface area contributed by atoms with Crippen molar-refractivity contribution in [2.24, 2.45) is 5.73 Å². The van der Waals surface area contributed by atoms with Gasteiger partial charge in [0, 0.05) is 17.9 Å². The van der Waals surface area contributed by atoms with E-state index in [0.29, 0.717) is 5.02 Å². The number of amides is 1. The molecule has 0 aliphatic carbocycles. The molecule has 0 saturated heterocycles. The third-order valence-corrected chi connectivity index (χ3v) is 2.70. The number of hydrogen-bond donors (Lipinski definition) is 1. The lowest BCUT2D eigenvalue weighted by atomic mass is 10.1. The lowest BCUT2D eigenvalue weighted by Gasteiger charge is -2.05. The lowest BCUT2D eigenvalue weighted by Crippen LogP contribution is -2.13. The molecule has 0 bridgehead atoms. The maximum absolute atomic E-state index is 11.7. The second-order valence-corrected chi connectivity index (χ2v) is 4.38. The van der Waals surface area contributed by atoms with Gasteiger partial charge in [-0.15, -0.1) is 0 Å². The van der Waals surface area contributed by atoms with Crippen LogP contribution in [0.1, 0.15) is 23.2 Å². The van der Waals surface area contributed by atoms with Crippen molar-refractivity contribution in [2.45, 2.75) is 12.8 Å². The monoisotopic (exact) mass is 279 g/mol. The van der Waals surface area contributed by atoms with Crippen LogP contribution in [0.3, 0.4) is 0 Å². The van der Waals surface area contributed by atoms with Crippen LogP contribution in [0.5, 0.6) is 0 Å². The number of benzene rings is 1. The van der Waals surface area contributed by atoms with Gasteiger partial charge in [0.15, 0.2) is 5.78 Å². The highest BCUT2D eigenvalue weighted by Gasteiger charge is 2.16. The quantitative estimate of drug-likeness (QED) is 0.862. The Morgan fingerprint density at radius 3 is 2.00 bits per heavy atom. The molecule has 2 N–H and O–H groups in total. The Morgan fingerprint density at radius 1 is 1.06 bits per heavy atom. The Morgan fingerprint density at radius 2 is 1.56 bits per heavy atom. The van der Waals surface area contributed by atoms with Gasteiger partial charge in [-0.3, -0.25) is 9.59 Å². The molecule has 0 saturated carbocycles. The number of rotatable bonds is 4. The summed E-state index contributed by atoms with van der Waals surface area (Å²) >= 11 is 17.4. The molecule has 1 aromatic rings. The van der Waals surface area contributed by atoms with Gasteiger partial charge < -0.3 is 5.73 Å². The summed E-state index contributed by atoms with van der Waals surface area (Å²) < 4.78 is 0. The minimum atomic E-state index is -0.547. The van der Waals surface area contributed by atoms with E-state index in [2.05, 4.69) is 0 Å². The van der Waals surface area contributed by atoms with Gasteiger partial charge in [0.1, 0.15) is 0 Å². The SMILES string of the molecule is NC(=O)CCC(=O)c1c(Cl)cc(Cl)cc1Cl. The summed E-state index contributed by atoms with van der Waals surface area (Å²) in [4.78, 5) is 22.2. The van der Waals surface area contributed by atoms with Gasteiger partial charge in [0.2, 0.25) is 5.91 Å². The van der Waals surface area contributed by atoms with Crippen LogP contribution in [0.2, 0.25) is 15.1 Å². The summed E-state index contributed by atoms with van der Waals surface area (Å²) in [5.41, 5.74) is 5.12. The average Bonchev–Trinajstić information content (AvgIpc) is 2.12. The highest BCUT2D eigenvalue weighted by Crippen LogP contribution is 2.30. The fraction of sp³-hybridized carbons (Fsp3) is 0.200. The van der Waals surface area contributed by atoms with Gasteiger partial charge in [-0.05, 0) is 12.1 Å². The summed E-state index contributed by atoms with van der Waals surface area (Å²) in [5.74, 6) is -0.875. The Balaban J connectivity index is 2.95. The number of halogens is 3. The highest BCUT2D eigenvalue weighted by atomic mass is 35.5. The summed E-state index contributed by atoms with van der Waals surface area (Å²) in [6, 6.07) is 2.85. The van der Waals surface area contributed by atoms with E-state index in [0.717, 1.165) is 0 Å². The van der Waals surface area contributed by atoms with Crippen molar-refractivity contribution >= 4 is 46.5 Å². The molecule has 0 unspecified atom stereocenters. The zero-order valence-electron chi connectivity index (χ0n) is 8.10. The fourth-order valence-corrected chi connectivity index (χ4v) is 2.20. The van der Waals surface area contributed by atoms with Crippen LogP contribution >= 0.6 is 34.8 Å². The number of carbonyl (C=O) groups excluding carboxylic acids is 2. The van der Waals surface area contributed by atoms with E-state index >= 15 is 0 Å². The second-order valence-electron chi connectivity index (χ2n) is 3.13. The molecule has 1 amide bonds. The highest BCUT2D eigenvalue weighted by molar-refractivity contribution is 6.42. The number of nitrogens with two attached hydrogens (primary N) is 1. The van der Waals surface area contributed by atoms with E-state index in [-0.39, 0.29) is 34.2 Å². The van der Waals surface area contributed by atoms with Gasteiger partial charge in [-0.1, -0.05) is 34.8 Å². The molecular weight excluding hydrogens is 272 g/mol. The van der Waals surface area contributed by atoms with Crippen LogP contribution in [0, 0.1) is 0 Å². The van der Waals surface area contributed by atoms with Crippen molar-refractivity contribution in [1.29, 1.82) is 0 Å². The predicted octanol–water partition coefficient (Wildman–Crippen LogP) is 3.10. The molecule has 0 heterocycles. The first-order chi connectivity index (χ1) is 7.41. The predicted molar refractivity (Wildman–Crippen MR) is 64.2 cm³/mol. The molecule has 1 aromatic carbocycles. The van der Waals surface area contributed by atoms with E-state index < -0.39 is 5.91 Å². The molecule has 0 radical (unpaired) electrons. The Bertz CT molecular complexity index is 423. The van der Waals surface area contributed by atoms with Gasteiger partial charge >= 0.3 is 0 Å². The number of primary amides is 1. The molecular formula is C10H8Cl3NO2. The van der Waals surface area contributed by atoms with Crippen LogP contribution in [0.4, 0.5) is 0 Å². The summed E-state index contributed by atoms with van der Waals surface area (Å²) in [6.07, 6.45) is -0.0511. The van der Waals surface area contributed by atoms with Crippen molar-refractivity contribution in [3.05, 3.63) is 32.8 Å². The van der Waals surface area contributed by atoms with Gasteiger partial charge in [-0.25, -0.2) is 0 Å².